The Hall–Kier alpha value is -0.830. The topological polar surface area (TPSA) is 37.8 Å². The van der Waals surface area contributed by atoms with Crippen LogP contribution in [-0.4, -0.2) is 22.4 Å². The first-order chi connectivity index (χ1) is 7.79. The van der Waals surface area contributed by atoms with Gasteiger partial charge in [0.2, 0.25) is 5.95 Å². The predicted molar refractivity (Wildman–Crippen MR) is 66.8 cm³/mol. The van der Waals surface area contributed by atoms with Crippen molar-refractivity contribution >= 4 is 17.5 Å². The van der Waals surface area contributed by atoms with E-state index in [1.54, 1.807) is 6.20 Å². The smallest absolute Gasteiger partial charge is 0.222 e. The van der Waals surface area contributed by atoms with Crippen molar-refractivity contribution in [2.45, 2.75) is 26.2 Å². The molecule has 0 saturated heterocycles. The molecule has 2 atom stereocenters. The molecule has 0 aromatic carbocycles. The summed E-state index contributed by atoms with van der Waals surface area (Å²) in [7, 11) is 0. The number of halogens is 1. The minimum atomic E-state index is 0.666. The highest BCUT2D eigenvalue weighted by atomic mass is 35.5. The van der Waals surface area contributed by atoms with Crippen LogP contribution in [0.3, 0.4) is 0 Å². The Morgan fingerprint density at radius 2 is 2.25 bits per heavy atom. The maximum atomic E-state index is 5.95. The van der Waals surface area contributed by atoms with Crippen LogP contribution in [0.15, 0.2) is 12.3 Å². The molecule has 1 aliphatic rings. The molecule has 3 nitrogen and oxygen atoms in total. The van der Waals surface area contributed by atoms with Crippen LogP contribution in [0.2, 0.25) is 0 Å². The van der Waals surface area contributed by atoms with E-state index >= 15 is 0 Å². The second kappa shape index (κ2) is 5.48. The first-order valence-corrected chi connectivity index (χ1v) is 6.42. The molecule has 1 N–H and O–H groups in total. The van der Waals surface area contributed by atoms with Gasteiger partial charge < -0.3 is 5.32 Å². The number of hydrogen-bond donors (Lipinski definition) is 1. The minimum absolute atomic E-state index is 0.666. The van der Waals surface area contributed by atoms with Crippen LogP contribution < -0.4 is 5.32 Å². The van der Waals surface area contributed by atoms with E-state index < -0.39 is 0 Å². The fraction of sp³-hybridized carbons (Fsp3) is 0.667. The molecular weight excluding hydrogens is 222 g/mol. The quantitative estimate of drug-likeness (QED) is 0.822. The summed E-state index contributed by atoms with van der Waals surface area (Å²) in [6.45, 7) is 2.92. The Kier molecular flexibility index (Phi) is 3.99. The van der Waals surface area contributed by atoms with Gasteiger partial charge in [0.25, 0.3) is 0 Å². The average molecular weight is 240 g/mol. The van der Waals surface area contributed by atoms with Gasteiger partial charge in [-0.3, -0.25) is 0 Å². The summed E-state index contributed by atoms with van der Waals surface area (Å²) in [4.78, 5) is 8.53. The molecule has 1 fully saturated rings. The third-order valence-corrected chi connectivity index (χ3v) is 3.73. The molecule has 88 valence electrons. The number of aromatic nitrogens is 2. The molecule has 1 aliphatic carbocycles. The summed E-state index contributed by atoms with van der Waals surface area (Å²) < 4.78 is 0. The molecule has 2 unspecified atom stereocenters. The van der Waals surface area contributed by atoms with Gasteiger partial charge in [0.1, 0.15) is 0 Å². The average Bonchev–Trinajstić information content (AvgIpc) is 2.74. The molecule has 4 heteroatoms. The molecule has 1 heterocycles. The van der Waals surface area contributed by atoms with Crippen molar-refractivity contribution in [3.8, 4) is 0 Å². The summed E-state index contributed by atoms with van der Waals surface area (Å²) in [5, 5.41) is 3.31. The second-order valence-electron chi connectivity index (χ2n) is 4.51. The zero-order valence-electron chi connectivity index (χ0n) is 9.62. The first-order valence-electron chi connectivity index (χ1n) is 5.89. The van der Waals surface area contributed by atoms with Crippen molar-refractivity contribution in [2.24, 2.45) is 11.8 Å². The Morgan fingerprint density at radius 3 is 3.00 bits per heavy atom. The fourth-order valence-electron chi connectivity index (χ4n) is 2.34. The van der Waals surface area contributed by atoms with E-state index in [-0.39, 0.29) is 0 Å². The second-order valence-corrected chi connectivity index (χ2v) is 4.82. The van der Waals surface area contributed by atoms with Crippen LogP contribution in [0.5, 0.6) is 0 Å². The van der Waals surface area contributed by atoms with Crippen molar-refractivity contribution < 1.29 is 0 Å². The van der Waals surface area contributed by atoms with Gasteiger partial charge >= 0.3 is 0 Å². The van der Waals surface area contributed by atoms with Crippen molar-refractivity contribution in [1.82, 2.24) is 9.97 Å². The van der Waals surface area contributed by atoms with Gasteiger partial charge in [0, 0.05) is 24.3 Å². The van der Waals surface area contributed by atoms with Gasteiger partial charge in [-0.05, 0) is 37.7 Å². The Labute approximate surface area is 102 Å². The highest BCUT2D eigenvalue weighted by Crippen LogP contribution is 2.32. The van der Waals surface area contributed by atoms with E-state index in [9.17, 15) is 0 Å². The number of anilines is 1. The SMILES string of the molecule is Cc1ccnc(NCC2CCCC2CCl)n1. The highest BCUT2D eigenvalue weighted by Gasteiger charge is 2.26. The lowest BCUT2D eigenvalue weighted by Gasteiger charge is -2.17. The fourth-order valence-corrected chi connectivity index (χ4v) is 2.75. The number of aryl methyl sites for hydroxylation is 1. The van der Waals surface area contributed by atoms with Gasteiger partial charge in [-0.2, -0.15) is 0 Å². The Morgan fingerprint density at radius 1 is 1.44 bits per heavy atom. The molecule has 0 amide bonds. The van der Waals surface area contributed by atoms with E-state index in [0.717, 1.165) is 24.1 Å². The summed E-state index contributed by atoms with van der Waals surface area (Å²) >= 11 is 5.95. The van der Waals surface area contributed by atoms with Crippen molar-refractivity contribution in [2.75, 3.05) is 17.7 Å². The summed E-state index contributed by atoms with van der Waals surface area (Å²) in [5.41, 5.74) is 0.998. The summed E-state index contributed by atoms with van der Waals surface area (Å²) in [6.07, 6.45) is 5.64. The third kappa shape index (κ3) is 2.85. The lowest BCUT2D eigenvalue weighted by Crippen LogP contribution is -2.20. The number of nitrogens with zero attached hydrogens (tertiary/aromatic N) is 2. The van der Waals surface area contributed by atoms with Gasteiger partial charge in [-0.1, -0.05) is 6.42 Å². The first kappa shape index (κ1) is 11.6. The summed E-state index contributed by atoms with van der Waals surface area (Å²) in [6, 6.07) is 1.91. The zero-order valence-corrected chi connectivity index (χ0v) is 10.4. The van der Waals surface area contributed by atoms with Crippen molar-refractivity contribution in [3.63, 3.8) is 0 Å². The highest BCUT2D eigenvalue weighted by molar-refractivity contribution is 6.18. The van der Waals surface area contributed by atoms with Crippen LogP contribution in [0.25, 0.3) is 0 Å². The Bertz CT molecular complexity index is 343. The summed E-state index contributed by atoms with van der Waals surface area (Å²) in [5.74, 6) is 2.86. The Balaban J connectivity index is 1.87. The molecule has 0 spiro atoms. The van der Waals surface area contributed by atoms with Crippen LogP contribution in [0, 0.1) is 18.8 Å². The largest absolute Gasteiger partial charge is 0.354 e. The number of nitrogens with one attached hydrogen (secondary N) is 1. The van der Waals surface area contributed by atoms with Gasteiger partial charge in [-0.15, -0.1) is 11.6 Å². The van der Waals surface area contributed by atoms with E-state index in [4.69, 9.17) is 11.6 Å². The van der Waals surface area contributed by atoms with Gasteiger partial charge in [0.05, 0.1) is 0 Å². The zero-order chi connectivity index (χ0) is 11.4. The van der Waals surface area contributed by atoms with Crippen molar-refractivity contribution in [1.29, 1.82) is 0 Å². The minimum Gasteiger partial charge on any atom is -0.354 e. The standard InChI is InChI=1S/C12H18ClN3/c1-9-5-6-14-12(16-9)15-8-11-4-2-3-10(11)7-13/h5-6,10-11H,2-4,7-8H2,1H3,(H,14,15,16). The van der Waals surface area contributed by atoms with Crippen molar-refractivity contribution in [3.05, 3.63) is 18.0 Å². The molecule has 2 rings (SSSR count). The molecule has 1 saturated carbocycles. The van der Waals surface area contributed by atoms with E-state index in [1.165, 1.54) is 19.3 Å². The van der Waals surface area contributed by atoms with Crippen LogP contribution in [0.1, 0.15) is 25.0 Å². The molecular formula is C12H18ClN3. The molecule has 16 heavy (non-hydrogen) atoms. The molecule has 0 aliphatic heterocycles. The number of alkyl halides is 1. The molecule has 1 aromatic rings. The molecule has 1 aromatic heterocycles. The van der Waals surface area contributed by atoms with Gasteiger partial charge in [-0.25, -0.2) is 9.97 Å². The lowest BCUT2D eigenvalue weighted by atomic mass is 9.98. The number of rotatable bonds is 4. The van der Waals surface area contributed by atoms with E-state index in [0.29, 0.717) is 11.8 Å². The van der Waals surface area contributed by atoms with Crippen LogP contribution in [0.4, 0.5) is 5.95 Å². The maximum Gasteiger partial charge on any atom is 0.222 e. The normalized spacial score (nSPS) is 24.6. The molecule has 0 bridgehead atoms. The monoisotopic (exact) mass is 239 g/mol. The van der Waals surface area contributed by atoms with E-state index in [2.05, 4.69) is 15.3 Å². The predicted octanol–water partition coefficient (Wildman–Crippen LogP) is 2.85. The molecule has 0 radical (unpaired) electrons. The van der Waals surface area contributed by atoms with Crippen LogP contribution in [-0.2, 0) is 0 Å². The maximum absolute atomic E-state index is 5.95. The van der Waals surface area contributed by atoms with Crippen LogP contribution >= 0.6 is 11.6 Å². The number of hydrogen-bond acceptors (Lipinski definition) is 3. The van der Waals surface area contributed by atoms with Gasteiger partial charge in [0.15, 0.2) is 0 Å². The lowest BCUT2D eigenvalue weighted by molar-refractivity contribution is 0.443. The van der Waals surface area contributed by atoms with E-state index in [1.807, 2.05) is 13.0 Å². The third-order valence-electron chi connectivity index (χ3n) is 3.33.